The molecule has 0 amide bonds. The average molecular weight is 266 g/mol. The zero-order valence-corrected chi connectivity index (χ0v) is 12.0. The lowest BCUT2D eigenvalue weighted by Gasteiger charge is -2.29. The molecule has 2 aromatic rings. The van der Waals surface area contributed by atoms with Crippen molar-refractivity contribution in [3.05, 3.63) is 70.8 Å². The number of benzene rings is 2. The van der Waals surface area contributed by atoms with Crippen molar-refractivity contribution in [2.45, 2.75) is 38.7 Å². The smallest absolute Gasteiger partial charge is 0.0612 e. The third kappa shape index (κ3) is 2.78. The lowest BCUT2D eigenvalue weighted by Crippen LogP contribution is -2.28. The van der Waals surface area contributed by atoms with Crippen LogP contribution in [-0.2, 0) is 19.3 Å². The first kappa shape index (κ1) is 13.4. The van der Waals surface area contributed by atoms with Crippen LogP contribution in [0.15, 0.2) is 48.5 Å². The first-order chi connectivity index (χ1) is 9.74. The Hall–Kier alpha value is -1.60. The second kappa shape index (κ2) is 5.80. The molecular formula is C19H22O. The van der Waals surface area contributed by atoms with Gasteiger partial charge < -0.3 is 5.11 Å². The molecule has 0 heterocycles. The molecule has 0 aromatic heterocycles. The van der Waals surface area contributed by atoms with E-state index in [9.17, 15) is 5.11 Å². The molecule has 104 valence electrons. The highest BCUT2D eigenvalue weighted by Crippen LogP contribution is 2.29. The van der Waals surface area contributed by atoms with E-state index in [1.54, 1.807) is 0 Å². The molecule has 1 N–H and O–H groups in total. The van der Waals surface area contributed by atoms with Gasteiger partial charge in [-0.05, 0) is 60.8 Å². The molecule has 2 atom stereocenters. The minimum absolute atomic E-state index is 0.232. The van der Waals surface area contributed by atoms with Crippen LogP contribution in [-0.4, -0.2) is 11.2 Å². The van der Waals surface area contributed by atoms with Crippen LogP contribution in [0.25, 0.3) is 0 Å². The van der Waals surface area contributed by atoms with Crippen molar-refractivity contribution in [2.75, 3.05) is 0 Å². The highest BCUT2D eigenvalue weighted by atomic mass is 16.3. The van der Waals surface area contributed by atoms with Crippen molar-refractivity contribution in [1.82, 2.24) is 0 Å². The first-order valence-electron chi connectivity index (χ1n) is 7.53. The Morgan fingerprint density at radius 3 is 2.55 bits per heavy atom. The molecule has 2 unspecified atom stereocenters. The molecule has 1 heteroatoms. The van der Waals surface area contributed by atoms with Crippen molar-refractivity contribution in [3.8, 4) is 0 Å². The number of aliphatic hydroxyl groups excluding tert-OH is 1. The van der Waals surface area contributed by atoms with Crippen LogP contribution < -0.4 is 0 Å². The Morgan fingerprint density at radius 1 is 1.05 bits per heavy atom. The van der Waals surface area contributed by atoms with Crippen LogP contribution >= 0.6 is 0 Å². The van der Waals surface area contributed by atoms with E-state index in [4.69, 9.17) is 0 Å². The SMILES string of the molecule is Cc1ccccc1CC(O)C1CCc2ccccc2C1. The topological polar surface area (TPSA) is 20.2 Å². The Kier molecular flexibility index (Phi) is 3.88. The van der Waals surface area contributed by atoms with E-state index in [-0.39, 0.29) is 6.10 Å². The average Bonchev–Trinajstić information content (AvgIpc) is 2.49. The molecule has 1 aliphatic rings. The molecule has 2 aromatic carbocycles. The highest BCUT2D eigenvalue weighted by Gasteiger charge is 2.25. The molecule has 0 saturated carbocycles. The number of hydrogen-bond donors (Lipinski definition) is 1. The molecule has 0 radical (unpaired) electrons. The van der Waals surface area contributed by atoms with Gasteiger partial charge in [0.1, 0.15) is 0 Å². The Balaban J connectivity index is 1.70. The van der Waals surface area contributed by atoms with Crippen LogP contribution in [0.2, 0.25) is 0 Å². The quantitative estimate of drug-likeness (QED) is 0.898. The molecular weight excluding hydrogens is 244 g/mol. The van der Waals surface area contributed by atoms with Crippen LogP contribution in [0, 0.1) is 12.8 Å². The summed E-state index contributed by atoms with van der Waals surface area (Å²) < 4.78 is 0. The fourth-order valence-electron chi connectivity index (χ4n) is 3.29. The number of rotatable bonds is 3. The minimum atomic E-state index is -0.232. The van der Waals surface area contributed by atoms with Gasteiger partial charge in [-0.1, -0.05) is 48.5 Å². The maximum absolute atomic E-state index is 10.6. The summed E-state index contributed by atoms with van der Waals surface area (Å²) in [7, 11) is 0. The molecule has 3 rings (SSSR count). The third-order valence-electron chi connectivity index (χ3n) is 4.62. The summed E-state index contributed by atoms with van der Waals surface area (Å²) in [6.45, 7) is 2.12. The highest BCUT2D eigenvalue weighted by molar-refractivity contribution is 5.30. The molecule has 0 saturated heterocycles. The summed E-state index contributed by atoms with van der Waals surface area (Å²) >= 11 is 0. The largest absolute Gasteiger partial charge is 0.392 e. The molecule has 20 heavy (non-hydrogen) atoms. The number of fused-ring (bicyclic) bond motifs is 1. The van der Waals surface area contributed by atoms with E-state index in [2.05, 4.69) is 55.5 Å². The van der Waals surface area contributed by atoms with Crippen LogP contribution in [0.4, 0.5) is 0 Å². The second-order valence-electron chi connectivity index (χ2n) is 5.97. The van der Waals surface area contributed by atoms with Crippen molar-refractivity contribution in [2.24, 2.45) is 5.92 Å². The third-order valence-corrected chi connectivity index (χ3v) is 4.62. The molecule has 1 nitrogen and oxygen atoms in total. The standard InChI is InChI=1S/C19H22O/c1-14-6-2-3-8-16(14)13-19(20)18-11-10-15-7-4-5-9-17(15)12-18/h2-9,18-20H,10-13H2,1H3. The van der Waals surface area contributed by atoms with Gasteiger partial charge in [-0.2, -0.15) is 0 Å². The van der Waals surface area contributed by atoms with Gasteiger partial charge in [0.05, 0.1) is 6.10 Å². The number of aryl methyl sites for hydroxylation is 2. The van der Waals surface area contributed by atoms with Crippen molar-refractivity contribution in [1.29, 1.82) is 0 Å². The molecule has 0 aliphatic heterocycles. The second-order valence-corrected chi connectivity index (χ2v) is 5.97. The fraction of sp³-hybridized carbons (Fsp3) is 0.368. The van der Waals surface area contributed by atoms with E-state index in [0.29, 0.717) is 5.92 Å². The summed E-state index contributed by atoms with van der Waals surface area (Å²) in [5, 5.41) is 10.6. The van der Waals surface area contributed by atoms with Gasteiger partial charge in [0.2, 0.25) is 0 Å². The van der Waals surface area contributed by atoms with Gasteiger partial charge in [-0.3, -0.25) is 0 Å². The van der Waals surface area contributed by atoms with E-state index in [1.165, 1.54) is 22.3 Å². The van der Waals surface area contributed by atoms with Crippen molar-refractivity contribution in [3.63, 3.8) is 0 Å². The maximum atomic E-state index is 10.6. The van der Waals surface area contributed by atoms with Gasteiger partial charge in [-0.25, -0.2) is 0 Å². The number of aliphatic hydroxyl groups is 1. The first-order valence-corrected chi connectivity index (χ1v) is 7.53. The summed E-state index contributed by atoms with van der Waals surface area (Å²) in [5.41, 5.74) is 5.45. The predicted octanol–water partition coefficient (Wildman–Crippen LogP) is 3.70. The maximum Gasteiger partial charge on any atom is 0.0612 e. The van der Waals surface area contributed by atoms with E-state index in [1.807, 2.05) is 0 Å². The molecule has 0 bridgehead atoms. The monoisotopic (exact) mass is 266 g/mol. The van der Waals surface area contributed by atoms with E-state index < -0.39 is 0 Å². The van der Waals surface area contributed by atoms with Crippen LogP contribution in [0.3, 0.4) is 0 Å². The summed E-state index contributed by atoms with van der Waals surface area (Å²) in [4.78, 5) is 0. The predicted molar refractivity (Wildman–Crippen MR) is 82.8 cm³/mol. The van der Waals surface area contributed by atoms with Gasteiger partial charge in [-0.15, -0.1) is 0 Å². The van der Waals surface area contributed by atoms with Gasteiger partial charge >= 0.3 is 0 Å². The summed E-state index contributed by atoms with van der Waals surface area (Å²) in [5.74, 6) is 0.393. The van der Waals surface area contributed by atoms with Crippen molar-refractivity contribution < 1.29 is 5.11 Å². The van der Waals surface area contributed by atoms with Gasteiger partial charge in [0.15, 0.2) is 0 Å². The van der Waals surface area contributed by atoms with Crippen LogP contribution in [0.5, 0.6) is 0 Å². The Bertz CT molecular complexity index is 588. The minimum Gasteiger partial charge on any atom is -0.392 e. The Morgan fingerprint density at radius 2 is 1.75 bits per heavy atom. The molecule has 0 fully saturated rings. The zero-order valence-electron chi connectivity index (χ0n) is 12.0. The molecule has 1 aliphatic carbocycles. The normalized spacial score (nSPS) is 19.4. The number of hydrogen-bond acceptors (Lipinski definition) is 1. The Labute approximate surface area is 121 Å². The summed E-state index contributed by atoms with van der Waals surface area (Å²) in [6, 6.07) is 17.0. The van der Waals surface area contributed by atoms with Crippen molar-refractivity contribution >= 4 is 0 Å². The lowest BCUT2D eigenvalue weighted by atomic mass is 9.79. The summed E-state index contributed by atoms with van der Waals surface area (Å²) in [6.07, 6.45) is 3.77. The van der Waals surface area contributed by atoms with Crippen LogP contribution in [0.1, 0.15) is 28.7 Å². The lowest BCUT2D eigenvalue weighted by molar-refractivity contribution is 0.0991. The van der Waals surface area contributed by atoms with Gasteiger partial charge in [0, 0.05) is 0 Å². The molecule has 0 spiro atoms. The zero-order chi connectivity index (χ0) is 13.9. The van der Waals surface area contributed by atoms with Gasteiger partial charge in [0.25, 0.3) is 0 Å². The van der Waals surface area contributed by atoms with E-state index >= 15 is 0 Å². The van der Waals surface area contributed by atoms with E-state index in [0.717, 1.165) is 25.7 Å². The fourth-order valence-corrected chi connectivity index (χ4v) is 3.29.